The summed E-state index contributed by atoms with van der Waals surface area (Å²) in [7, 11) is 0. The maximum atomic E-state index is 12.0. The van der Waals surface area contributed by atoms with E-state index in [1.807, 2.05) is 30.3 Å². The van der Waals surface area contributed by atoms with Crippen molar-refractivity contribution < 1.29 is 14.4 Å². The topological polar surface area (TPSA) is 92.5 Å². The van der Waals surface area contributed by atoms with Gasteiger partial charge < -0.3 is 5.73 Å². The molecule has 0 spiro atoms. The van der Waals surface area contributed by atoms with Crippen molar-refractivity contribution in [1.29, 1.82) is 0 Å². The maximum absolute atomic E-state index is 12.0. The van der Waals surface area contributed by atoms with E-state index in [0.717, 1.165) is 5.56 Å². The van der Waals surface area contributed by atoms with Gasteiger partial charge in [-0.05, 0) is 12.0 Å². The van der Waals surface area contributed by atoms with Gasteiger partial charge in [0.05, 0.1) is 19.0 Å². The third kappa shape index (κ3) is 3.42. The Kier molecular flexibility index (Phi) is 4.47. The van der Waals surface area contributed by atoms with Gasteiger partial charge in [-0.15, -0.1) is 0 Å². The molecule has 1 aromatic carbocycles. The van der Waals surface area contributed by atoms with Crippen LogP contribution >= 0.6 is 0 Å². The second kappa shape index (κ2) is 6.29. The molecule has 0 saturated carbocycles. The van der Waals surface area contributed by atoms with Crippen molar-refractivity contribution in [3.05, 3.63) is 35.9 Å². The molecule has 106 valence electrons. The minimum Gasteiger partial charge on any atom is -0.369 e. The second-order valence-electron chi connectivity index (χ2n) is 4.72. The number of imide groups is 1. The number of nitrogens with zero attached hydrogens (tertiary/aromatic N) is 1. The summed E-state index contributed by atoms with van der Waals surface area (Å²) < 4.78 is 0. The number of carbonyl (C=O) groups is 3. The third-order valence-electron chi connectivity index (χ3n) is 3.23. The lowest BCUT2D eigenvalue weighted by Crippen LogP contribution is -2.42. The van der Waals surface area contributed by atoms with Gasteiger partial charge >= 0.3 is 0 Å². The molecule has 1 aliphatic rings. The molecule has 2 rings (SSSR count). The molecule has 1 saturated heterocycles. The van der Waals surface area contributed by atoms with Crippen LogP contribution in [0, 0.1) is 0 Å². The predicted molar refractivity (Wildman–Crippen MR) is 72.5 cm³/mol. The van der Waals surface area contributed by atoms with Gasteiger partial charge in [-0.3, -0.25) is 24.6 Å². The number of likely N-dealkylation sites (tertiary alicyclic amines) is 1. The molecule has 1 aliphatic heterocycles. The molecule has 20 heavy (non-hydrogen) atoms. The Bertz CT molecular complexity index is 516. The minimum absolute atomic E-state index is 0.0842. The summed E-state index contributed by atoms with van der Waals surface area (Å²) in [6.07, 6.45) is 0.710. The van der Waals surface area contributed by atoms with E-state index >= 15 is 0 Å². The van der Waals surface area contributed by atoms with Crippen LogP contribution < -0.4 is 11.1 Å². The molecule has 0 unspecified atom stereocenters. The van der Waals surface area contributed by atoms with Crippen molar-refractivity contribution in [2.24, 2.45) is 5.73 Å². The van der Waals surface area contributed by atoms with Gasteiger partial charge in [0.1, 0.15) is 0 Å². The highest BCUT2D eigenvalue weighted by Crippen LogP contribution is 2.14. The highest BCUT2D eigenvalue weighted by atomic mass is 16.2. The Balaban J connectivity index is 1.90. The summed E-state index contributed by atoms with van der Waals surface area (Å²) in [6, 6.07) is 9.02. The highest BCUT2D eigenvalue weighted by molar-refractivity contribution is 6.05. The minimum atomic E-state index is -0.634. The fourth-order valence-electron chi connectivity index (χ4n) is 2.19. The number of primary amides is 1. The number of hydrogen-bond donors (Lipinski definition) is 2. The van der Waals surface area contributed by atoms with E-state index in [1.54, 1.807) is 0 Å². The Hall–Kier alpha value is -2.21. The second-order valence-corrected chi connectivity index (χ2v) is 4.72. The van der Waals surface area contributed by atoms with Gasteiger partial charge in [0.25, 0.3) is 0 Å². The number of nitrogens with one attached hydrogen (secondary N) is 1. The first-order chi connectivity index (χ1) is 9.58. The van der Waals surface area contributed by atoms with Crippen LogP contribution in [0.4, 0.5) is 0 Å². The summed E-state index contributed by atoms with van der Waals surface area (Å²) in [5.74, 6) is -1.05. The molecule has 3 N–H and O–H groups in total. The molecule has 6 heteroatoms. The van der Waals surface area contributed by atoms with E-state index in [1.165, 1.54) is 4.90 Å². The molecule has 1 heterocycles. The summed E-state index contributed by atoms with van der Waals surface area (Å²) in [6.45, 7) is 0.257. The van der Waals surface area contributed by atoms with Crippen LogP contribution in [0.1, 0.15) is 12.0 Å². The van der Waals surface area contributed by atoms with E-state index in [4.69, 9.17) is 5.73 Å². The van der Waals surface area contributed by atoms with Crippen molar-refractivity contribution in [3.8, 4) is 0 Å². The van der Waals surface area contributed by atoms with Crippen molar-refractivity contribution in [3.63, 3.8) is 0 Å². The normalized spacial score (nSPS) is 18.6. The van der Waals surface area contributed by atoms with Crippen LogP contribution in [0.25, 0.3) is 0 Å². The molecule has 1 aromatic rings. The Morgan fingerprint density at radius 2 is 2.00 bits per heavy atom. The average molecular weight is 275 g/mol. The summed E-state index contributed by atoms with van der Waals surface area (Å²) in [5.41, 5.74) is 6.08. The zero-order chi connectivity index (χ0) is 14.5. The molecule has 0 bridgehead atoms. The van der Waals surface area contributed by atoms with Gasteiger partial charge in [0.15, 0.2) is 0 Å². The van der Waals surface area contributed by atoms with Crippen molar-refractivity contribution in [2.75, 3.05) is 13.1 Å². The quantitative estimate of drug-likeness (QED) is 0.680. The molecule has 0 radical (unpaired) electrons. The first-order valence-corrected chi connectivity index (χ1v) is 6.47. The molecule has 1 atom stereocenters. The number of hydrogen-bond acceptors (Lipinski definition) is 4. The standard InChI is InChI=1S/C14H17N3O3/c15-12(18)9-16-11-8-13(19)17(14(11)20)7-6-10-4-2-1-3-5-10/h1-5,11,16H,6-9H2,(H2,15,18)/t11-/m1/s1. The summed E-state index contributed by atoms with van der Waals surface area (Å²) >= 11 is 0. The van der Waals surface area contributed by atoms with Gasteiger partial charge in [0, 0.05) is 6.54 Å². The molecule has 0 aliphatic carbocycles. The Labute approximate surface area is 116 Å². The van der Waals surface area contributed by atoms with Crippen LogP contribution in [-0.4, -0.2) is 41.8 Å². The molecule has 1 fully saturated rings. The number of amides is 3. The molecule has 6 nitrogen and oxygen atoms in total. The van der Waals surface area contributed by atoms with Crippen LogP contribution in [-0.2, 0) is 20.8 Å². The number of rotatable bonds is 6. The SMILES string of the molecule is NC(=O)CN[C@@H]1CC(=O)N(CCc2ccccc2)C1=O. The van der Waals surface area contributed by atoms with Gasteiger partial charge in [0.2, 0.25) is 17.7 Å². The van der Waals surface area contributed by atoms with Crippen LogP contribution in [0.3, 0.4) is 0 Å². The van der Waals surface area contributed by atoms with Gasteiger partial charge in [-0.2, -0.15) is 0 Å². The zero-order valence-electron chi connectivity index (χ0n) is 11.0. The Morgan fingerprint density at radius 3 is 2.65 bits per heavy atom. The molecular formula is C14H17N3O3. The average Bonchev–Trinajstić information content (AvgIpc) is 2.70. The van der Waals surface area contributed by atoms with E-state index in [-0.39, 0.29) is 24.8 Å². The molecular weight excluding hydrogens is 258 g/mol. The third-order valence-corrected chi connectivity index (χ3v) is 3.23. The Morgan fingerprint density at radius 1 is 1.30 bits per heavy atom. The van der Waals surface area contributed by atoms with Crippen molar-refractivity contribution in [2.45, 2.75) is 18.9 Å². The number of nitrogens with two attached hydrogens (primary N) is 1. The highest BCUT2D eigenvalue weighted by Gasteiger charge is 2.37. The van der Waals surface area contributed by atoms with Crippen LogP contribution in [0.15, 0.2) is 30.3 Å². The first-order valence-electron chi connectivity index (χ1n) is 6.47. The van der Waals surface area contributed by atoms with Crippen molar-refractivity contribution in [1.82, 2.24) is 10.2 Å². The number of benzene rings is 1. The lowest BCUT2D eigenvalue weighted by atomic mass is 10.1. The van der Waals surface area contributed by atoms with E-state index in [0.29, 0.717) is 13.0 Å². The van der Waals surface area contributed by atoms with Gasteiger partial charge in [-0.1, -0.05) is 30.3 Å². The molecule has 0 aromatic heterocycles. The van der Waals surface area contributed by atoms with Crippen LogP contribution in [0.5, 0.6) is 0 Å². The summed E-state index contributed by atoms with van der Waals surface area (Å²) in [4.78, 5) is 35.8. The van der Waals surface area contributed by atoms with E-state index in [9.17, 15) is 14.4 Å². The van der Waals surface area contributed by atoms with Crippen LogP contribution in [0.2, 0.25) is 0 Å². The predicted octanol–water partition coefficient (Wildman–Crippen LogP) is -0.569. The first kappa shape index (κ1) is 14.2. The summed E-state index contributed by atoms with van der Waals surface area (Å²) in [5, 5.41) is 2.70. The maximum Gasteiger partial charge on any atom is 0.246 e. The lowest BCUT2D eigenvalue weighted by Gasteiger charge is -2.15. The van der Waals surface area contributed by atoms with E-state index < -0.39 is 11.9 Å². The van der Waals surface area contributed by atoms with Gasteiger partial charge in [-0.25, -0.2) is 0 Å². The molecule has 3 amide bonds. The lowest BCUT2D eigenvalue weighted by molar-refractivity contribution is -0.138. The fraction of sp³-hybridized carbons (Fsp3) is 0.357. The monoisotopic (exact) mass is 275 g/mol. The zero-order valence-corrected chi connectivity index (χ0v) is 11.0. The number of carbonyl (C=O) groups excluding carboxylic acids is 3. The fourth-order valence-corrected chi connectivity index (χ4v) is 2.19. The van der Waals surface area contributed by atoms with E-state index in [2.05, 4.69) is 5.32 Å². The van der Waals surface area contributed by atoms with Crippen molar-refractivity contribution >= 4 is 17.7 Å². The largest absolute Gasteiger partial charge is 0.369 e. The smallest absolute Gasteiger partial charge is 0.246 e.